The van der Waals surface area contributed by atoms with Gasteiger partial charge in [-0.25, -0.2) is 4.57 Å². The molecule has 0 N–H and O–H groups in total. The van der Waals surface area contributed by atoms with Crippen molar-refractivity contribution in [3.05, 3.63) is 83.7 Å². The fourth-order valence-corrected chi connectivity index (χ4v) is 3.42. The molecule has 0 aliphatic carbocycles. The van der Waals surface area contributed by atoms with Crippen molar-refractivity contribution in [1.29, 1.82) is 0 Å². The summed E-state index contributed by atoms with van der Waals surface area (Å²) in [5, 5.41) is 0. The largest absolute Gasteiger partial charge is 0.374 e. The lowest BCUT2D eigenvalue weighted by atomic mass is 10.0. The first-order valence-electron chi connectivity index (χ1n) is 8.78. The zero-order valence-electron chi connectivity index (χ0n) is 14.8. The Bertz CT molecular complexity index is 923. The average molecular weight is 327 g/mol. The molecule has 2 heteroatoms. The number of likely N-dealkylation sites (N-methyl/N-ethyl adjacent to an activating group) is 1. The molecule has 0 atom stereocenters. The van der Waals surface area contributed by atoms with Crippen LogP contribution in [-0.2, 0) is 13.5 Å². The van der Waals surface area contributed by atoms with Crippen molar-refractivity contribution in [1.82, 2.24) is 0 Å². The van der Waals surface area contributed by atoms with Gasteiger partial charge in [0, 0.05) is 37.5 Å². The highest BCUT2D eigenvalue weighted by atomic mass is 15.1. The maximum atomic E-state index is 2.34. The van der Waals surface area contributed by atoms with E-state index in [4.69, 9.17) is 0 Å². The predicted molar refractivity (Wildman–Crippen MR) is 105 cm³/mol. The molecule has 0 amide bonds. The van der Waals surface area contributed by atoms with Crippen LogP contribution in [-0.4, -0.2) is 13.6 Å². The van der Waals surface area contributed by atoms with Crippen molar-refractivity contribution in [2.24, 2.45) is 7.05 Å². The second kappa shape index (κ2) is 6.56. The molecule has 0 bridgehead atoms. The summed E-state index contributed by atoms with van der Waals surface area (Å²) in [6.07, 6.45) is 7.53. The molecule has 0 unspecified atom stereocenters. The lowest BCUT2D eigenvalue weighted by Gasteiger charge is -2.12. The van der Waals surface area contributed by atoms with E-state index in [0.29, 0.717) is 0 Å². The summed E-state index contributed by atoms with van der Waals surface area (Å²) in [6, 6.07) is 21.9. The summed E-state index contributed by atoms with van der Waals surface area (Å²) in [5.41, 5.74) is 7.82. The SMILES string of the molecule is CN1CCc2cc(-c3ccc(/C=C/c4cccc[n+]4C)cc3)ccc21. The van der Waals surface area contributed by atoms with Gasteiger partial charge in [-0.15, -0.1) is 0 Å². The fourth-order valence-electron chi connectivity index (χ4n) is 3.42. The van der Waals surface area contributed by atoms with Crippen molar-refractivity contribution < 1.29 is 4.57 Å². The first kappa shape index (κ1) is 15.6. The number of aryl methyl sites for hydroxylation is 1. The zero-order valence-corrected chi connectivity index (χ0v) is 14.8. The molecule has 1 aliphatic heterocycles. The van der Waals surface area contributed by atoms with Crippen molar-refractivity contribution >= 4 is 17.8 Å². The third kappa shape index (κ3) is 3.20. The lowest BCUT2D eigenvalue weighted by Crippen LogP contribution is -2.30. The number of fused-ring (bicyclic) bond motifs is 1. The molecule has 0 saturated carbocycles. The minimum absolute atomic E-state index is 1.12. The van der Waals surface area contributed by atoms with E-state index in [2.05, 4.69) is 96.5 Å². The molecule has 1 aromatic heterocycles. The van der Waals surface area contributed by atoms with E-state index in [1.54, 1.807) is 0 Å². The predicted octanol–water partition coefficient (Wildman–Crippen LogP) is 4.34. The van der Waals surface area contributed by atoms with Crippen molar-refractivity contribution in [2.45, 2.75) is 6.42 Å². The standard InChI is InChI=1S/C23H23N2/c1-24-15-4-3-5-22(24)12-8-18-6-9-19(10-7-18)20-11-13-23-21(17-20)14-16-25(23)2/h3-13,15,17H,14,16H2,1-2H3/q+1. The Hall–Kier alpha value is -2.87. The Labute approximate surface area is 149 Å². The van der Waals surface area contributed by atoms with E-state index in [0.717, 1.165) is 13.0 Å². The molecule has 25 heavy (non-hydrogen) atoms. The summed E-state index contributed by atoms with van der Waals surface area (Å²) < 4.78 is 2.12. The van der Waals surface area contributed by atoms with Gasteiger partial charge in [-0.1, -0.05) is 30.3 Å². The molecule has 2 heterocycles. The second-order valence-corrected chi connectivity index (χ2v) is 6.71. The smallest absolute Gasteiger partial charge is 0.204 e. The molecule has 0 fully saturated rings. The molecule has 1 aliphatic rings. The van der Waals surface area contributed by atoms with E-state index >= 15 is 0 Å². The van der Waals surface area contributed by atoms with Crippen LogP contribution in [0.3, 0.4) is 0 Å². The van der Waals surface area contributed by atoms with Gasteiger partial charge in [-0.2, -0.15) is 0 Å². The monoisotopic (exact) mass is 327 g/mol. The first-order valence-corrected chi connectivity index (χ1v) is 8.78. The van der Waals surface area contributed by atoms with Gasteiger partial charge in [0.15, 0.2) is 6.20 Å². The highest BCUT2D eigenvalue weighted by Crippen LogP contribution is 2.31. The molecule has 2 nitrogen and oxygen atoms in total. The quantitative estimate of drug-likeness (QED) is 0.649. The number of hydrogen-bond acceptors (Lipinski definition) is 1. The van der Waals surface area contributed by atoms with Crippen LogP contribution in [0.15, 0.2) is 66.9 Å². The summed E-state index contributed by atoms with van der Waals surface area (Å²) >= 11 is 0. The number of rotatable bonds is 3. The van der Waals surface area contributed by atoms with Gasteiger partial charge in [0.2, 0.25) is 5.69 Å². The first-order chi connectivity index (χ1) is 12.2. The molecule has 2 aromatic carbocycles. The number of pyridine rings is 1. The Morgan fingerprint density at radius 1 is 0.920 bits per heavy atom. The lowest BCUT2D eigenvalue weighted by molar-refractivity contribution is -0.673. The van der Waals surface area contributed by atoms with E-state index in [-0.39, 0.29) is 0 Å². The Morgan fingerprint density at radius 3 is 2.52 bits per heavy atom. The number of nitrogens with zero attached hydrogens (tertiary/aromatic N) is 2. The minimum Gasteiger partial charge on any atom is -0.374 e. The Balaban J connectivity index is 1.55. The van der Waals surface area contributed by atoms with Crippen LogP contribution in [0.5, 0.6) is 0 Å². The summed E-state index contributed by atoms with van der Waals surface area (Å²) in [4.78, 5) is 2.33. The summed E-state index contributed by atoms with van der Waals surface area (Å²) in [6.45, 7) is 1.12. The highest BCUT2D eigenvalue weighted by molar-refractivity contribution is 5.73. The molecule has 3 aromatic rings. The van der Waals surface area contributed by atoms with Crippen LogP contribution in [0.25, 0.3) is 23.3 Å². The second-order valence-electron chi connectivity index (χ2n) is 6.71. The third-order valence-electron chi connectivity index (χ3n) is 4.99. The van der Waals surface area contributed by atoms with Gasteiger partial charge in [-0.05, 0) is 52.9 Å². The highest BCUT2D eigenvalue weighted by Gasteiger charge is 2.15. The Morgan fingerprint density at radius 2 is 1.72 bits per heavy atom. The van der Waals surface area contributed by atoms with Gasteiger partial charge in [0.1, 0.15) is 7.05 Å². The van der Waals surface area contributed by atoms with Gasteiger partial charge in [0.25, 0.3) is 0 Å². The summed E-state index contributed by atoms with van der Waals surface area (Å²) in [5.74, 6) is 0. The van der Waals surface area contributed by atoms with Crippen LogP contribution in [0.1, 0.15) is 16.8 Å². The molecule has 0 spiro atoms. The van der Waals surface area contributed by atoms with Crippen molar-refractivity contribution in [3.8, 4) is 11.1 Å². The van der Waals surface area contributed by atoms with Crippen LogP contribution in [0.2, 0.25) is 0 Å². The minimum atomic E-state index is 1.12. The van der Waals surface area contributed by atoms with E-state index in [9.17, 15) is 0 Å². The number of hydrogen-bond donors (Lipinski definition) is 0. The molecule has 0 saturated heterocycles. The number of anilines is 1. The van der Waals surface area contributed by atoms with E-state index < -0.39 is 0 Å². The van der Waals surface area contributed by atoms with E-state index in [1.165, 1.54) is 33.6 Å². The van der Waals surface area contributed by atoms with Crippen LogP contribution < -0.4 is 9.47 Å². The van der Waals surface area contributed by atoms with Gasteiger partial charge in [0.05, 0.1) is 0 Å². The number of aromatic nitrogens is 1. The third-order valence-corrected chi connectivity index (χ3v) is 4.99. The normalized spacial score (nSPS) is 13.4. The molecular formula is C23H23N2+. The topological polar surface area (TPSA) is 7.12 Å². The van der Waals surface area contributed by atoms with Gasteiger partial charge < -0.3 is 4.90 Å². The molecule has 4 rings (SSSR count). The molecule has 0 radical (unpaired) electrons. The van der Waals surface area contributed by atoms with Gasteiger partial charge >= 0.3 is 0 Å². The average Bonchev–Trinajstić information content (AvgIpc) is 3.02. The molecule has 124 valence electrons. The molecular weight excluding hydrogens is 304 g/mol. The van der Waals surface area contributed by atoms with Crippen LogP contribution in [0, 0.1) is 0 Å². The van der Waals surface area contributed by atoms with Crippen LogP contribution >= 0.6 is 0 Å². The number of benzene rings is 2. The van der Waals surface area contributed by atoms with Crippen molar-refractivity contribution in [2.75, 3.05) is 18.5 Å². The van der Waals surface area contributed by atoms with Gasteiger partial charge in [-0.3, -0.25) is 0 Å². The zero-order chi connectivity index (χ0) is 17.2. The Kier molecular flexibility index (Phi) is 4.10. The maximum absolute atomic E-state index is 2.34. The fraction of sp³-hybridized carbons (Fsp3) is 0.174. The van der Waals surface area contributed by atoms with Crippen molar-refractivity contribution in [3.63, 3.8) is 0 Å². The summed E-state index contributed by atoms with van der Waals surface area (Å²) in [7, 11) is 4.23. The maximum Gasteiger partial charge on any atom is 0.204 e. The van der Waals surface area contributed by atoms with E-state index in [1.807, 2.05) is 6.07 Å². The van der Waals surface area contributed by atoms with Crippen LogP contribution in [0.4, 0.5) is 5.69 Å².